The fraction of sp³-hybridized carbons (Fsp3) is 0.0333. The molecule has 0 N–H and O–H groups in total. The maximum atomic E-state index is 7.50. The SMILES string of the molecule is [C-]#[O+].[Cl-].[Fe+2].[Ir].c1cc[cH-]c1.c1ccc(SCc2ccc[c-]2P(c2ccccc2)c2ccccc2)cc1. The summed E-state index contributed by atoms with van der Waals surface area (Å²) in [5, 5.41) is 4.29. The molecule has 0 unspecified atom stereocenters. The van der Waals surface area contributed by atoms with E-state index in [-0.39, 0.29) is 49.6 Å². The van der Waals surface area contributed by atoms with Crippen LogP contribution in [0.5, 0.6) is 0 Å². The predicted molar refractivity (Wildman–Crippen MR) is 143 cm³/mol. The Morgan fingerprint density at radius 3 is 1.61 bits per heavy atom. The number of halogens is 1. The quantitative estimate of drug-likeness (QED) is 0.0852. The van der Waals surface area contributed by atoms with Gasteiger partial charge >= 0.3 is 28.4 Å². The van der Waals surface area contributed by atoms with Crippen LogP contribution in [0.4, 0.5) is 0 Å². The van der Waals surface area contributed by atoms with Gasteiger partial charge in [-0.3, -0.25) is 0 Å². The summed E-state index contributed by atoms with van der Waals surface area (Å²) in [5.41, 5.74) is 1.44. The summed E-state index contributed by atoms with van der Waals surface area (Å²) < 4.78 is 7.50. The summed E-state index contributed by atoms with van der Waals surface area (Å²) in [6.45, 7) is 4.50. The Morgan fingerprint density at radius 2 is 1.17 bits per heavy atom. The van der Waals surface area contributed by atoms with Crippen LogP contribution in [0.15, 0.2) is 144 Å². The van der Waals surface area contributed by atoms with Gasteiger partial charge in [0.05, 0.1) is 0 Å². The topological polar surface area (TPSA) is 19.9 Å². The monoisotopic (exact) mass is 748 g/mol. The largest absolute Gasteiger partial charge is 2.00 e. The van der Waals surface area contributed by atoms with Crippen LogP contribution >= 0.6 is 19.7 Å². The van der Waals surface area contributed by atoms with E-state index in [1.54, 1.807) is 0 Å². The number of thioether (sulfide) groups is 1. The van der Waals surface area contributed by atoms with E-state index in [1.807, 2.05) is 42.1 Å². The van der Waals surface area contributed by atoms with Gasteiger partial charge in [-0.1, -0.05) is 86.8 Å². The summed E-state index contributed by atoms with van der Waals surface area (Å²) in [5.74, 6) is 1.00. The van der Waals surface area contributed by atoms with Crippen LogP contribution in [0.3, 0.4) is 0 Å². The minimum Gasteiger partial charge on any atom is -1.00 e. The first-order chi connectivity index (χ1) is 16.4. The first-order valence-corrected chi connectivity index (χ1v) is 12.9. The Bertz CT molecular complexity index is 1130. The van der Waals surface area contributed by atoms with Crippen molar-refractivity contribution >= 4 is 35.6 Å². The second-order valence-electron chi connectivity index (χ2n) is 7.01. The van der Waals surface area contributed by atoms with Crippen LogP contribution in [-0.4, -0.2) is 0 Å². The third-order valence-corrected chi connectivity index (χ3v) is 8.45. The van der Waals surface area contributed by atoms with Gasteiger partial charge in [-0.2, -0.15) is 29.8 Å². The van der Waals surface area contributed by atoms with Gasteiger partial charge in [0, 0.05) is 30.8 Å². The minimum atomic E-state index is -0.524. The zero-order chi connectivity index (χ0) is 23.1. The van der Waals surface area contributed by atoms with Crippen molar-refractivity contribution < 1.29 is 54.2 Å². The van der Waals surface area contributed by atoms with Crippen LogP contribution in [0.1, 0.15) is 5.56 Å². The fourth-order valence-corrected chi connectivity index (χ4v) is 6.87. The van der Waals surface area contributed by atoms with E-state index >= 15 is 0 Å². The van der Waals surface area contributed by atoms with Crippen molar-refractivity contribution in [2.45, 2.75) is 10.6 Å². The van der Waals surface area contributed by atoms with Gasteiger partial charge in [-0.05, 0) is 22.7 Å². The molecular formula is C30H25ClFeIrOPS-. The molecule has 0 amide bonds. The van der Waals surface area contributed by atoms with Gasteiger partial charge in [0.2, 0.25) is 0 Å². The van der Waals surface area contributed by atoms with E-state index < -0.39 is 7.92 Å². The molecule has 0 saturated heterocycles. The van der Waals surface area contributed by atoms with Crippen LogP contribution in [0.2, 0.25) is 0 Å². The molecule has 0 fully saturated rings. The first kappa shape index (κ1) is 34.3. The molecule has 5 aromatic rings. The molecule has 0 aliphatic carbocycles. The fourth-order valence-electron chi connectivity index (χ4n) is 3.37. The third kappa shape index (κ3) is 10.8. The minimum absolute atomic E-state index is 0. The van der Waals surface area contributed by atoms with Gasteiger partial charge in [0.25, 0.3) is 0 Å². The molecule has 0 bridgehead atoms. The van der Waals surface area contributed by atoms with E-state index in [1.165, 1.54) is 26.4 Å². The van der Waals surface area contributed by atoms with E-state index in [9.17, 15) is 0 Å². The molecule has 6 heteroatoms. The Kier molecular flexibility index (Phi) is 19.5. The van der Waals surface area contributed by atoms with Gasteiger partial charge < -0.3 is 12.4 Å². The molecule has 187 valence electrons. The molecular weight excluding hydrogens is 723 g/mol. The molecule has 0 saturated carbocycles. The van der Waals surface area contributed by atoms with Crippen LogP contribution < -0.4 is 28.3 Å². The molecule has 0 heterocycles. The first-order valence-electron chi connectivity index (χ1n) is 10.6. The van der Waals surface area contributed by atoms with Crippen molar-refractivity contribution in [1.82, 2.24) is 0 Å². The summed E-state index contributed by atoms with van der Waals surface area (Å²) in [4.78, 5) is 1.32. The summed E-state index contributed by atoms with van der Waals surface area (Å²) in [7, 11) is -0.524. The van der Waals surface area contributed by atoms with E-state index in [2.05, 4.69) is 116 Å². The molecule has 0 aliphatic rings. The Balaban J connectivity index is 0.00000108. The van der Waals surface area contributed by atoms with Crippen molar-refractivity contribution in [2.75, 3.05) is 0 Å². The Hall–Kier alpha value is -1.66. The molecule has 0 aromatic heterocycles. The van der Waals surface area contributed by atoms with Crippen molar-refractivity contribution in [3.8, 4) is 0 Å². The zero-order valence-electron chi connectivity index (χ0n) is 19.3. The van der Waals surface area contributed by atoms with E-state index in [4.69, 9.17) is 4.65 Å². The Morgan fingerprint density at radius 1 is 0.694 bits per heavy atom. The number of rotatable bonds is 6. The molecule has 36 heavy (non-hydrogen) atoms. The van der Waals surface area contributed by atoms with Gasteiger partial charge in [0.15, 0.2) is 0 Å². The van der Waals surface area contributed by atoms with Gasteiger partial charge in [0.1, 0.15) is 0 Å². The molecule has 1 nitrogen and oxygen atoms in total. The Labute approximate surface area is 250 Å². The van der Waals surface area contributed by atoms with E-state index in [0.717, 1.165) is 5.75 Å². The predicted octanol–water partition coefficient (Wildman–Crippen LogP) is 3.82. The maximum Gasteiger partial charge on any atom is 2.00 e. The molecule has 0 spiro atoms. The smallest absolute Gasteiger partial charge is 1.00 e. The summed E-state index contributed by atoms with van der Waals surface area (Å²) in [6.07, 6.45) is 0. The van der Waals surface area contributed by atoms with Crippen molar-refractivity contribution in [3.05, 3.63) is 152 Å². The number of benzene rings is 3. The van der Waals surface area contributed by atoms with Crippen molar-refractivity contribution in [2.24, 2.45) is 0 Å². The normalized spacial score (nSPS) is 9.08. The van der Waals surface area contributed by atoms with Gasteiger partial charge in [-0.15, -0.1) is 17.1 Å². The summed E-state index contributed by atoms with van der Waals surface area (Å²) in [6, 6.07) is 49.3. The molecule has 5 rings (SSSR count). The molecule has 5 aromatic carbocycles. The summed E-state index contributed by atoms with van der Waals surface area (Å²) >= 11 is 1.91. The van der Waals surface area contributed by atoms with E-state index in [0.29, 0.717) is 0 Å². The van der Waals surface area contributed by atoms with Crippen LogP contribution in [-0.2, 0) is 47.6 Å². The number of hydrogen-bond acceptors (Lipinski definition) is 1. The van der Waals surface area contributed by atoms with Gasteiger partial charge in [-0.25, -0.2) is 24.3 Å². The number of hydrogen-bond donors (Lipinski definition) is 0. The average molecular weight is 748 g/mol. The second-order valence-corrected chi connectivity index (χ2v) is 10.2. The third-order valence-electron chi connectivity index (χ3n) is 4.84. The van der Waals surface area contributed by atoms with Crippen LogP contribution in [0, 0.1) is 6.65 Å². The van der Waals surface area contributed by atoms with Crippen molar-refractivity contribution in [3.63, 3.8) is 0 Å². The molecule has 0 aliphatic heterocycles. The standard InChI is InChI=1S/C24H20PS.C5H5.CO.ClH.Fe.Ir/c1-4-12-21(13-5-1)25(22-14-6-2-7-15-22)24-18-10-11-20(24)19-26-23-16-8-3-9-17-23;1-2-4-5-3-1;1-2;;;/h1-18H,19H2;1-5H;;1H;;/q2*-1;;;+2;/p-1. The molecule has 0 atom stereocenters. The average Bonchev–Trinajstić information content (AvgIpc) is 3.62. The second kappa shape index (κ2) is 20.4. The van der Waals surface area contributed by atoms with Crippen molar-refractivity contribution in [1.29, 1.82) is 0 Å². The zero-order valence-corrected chi connectivity index (χ0v) is 25.3. The maximum absolute atomic E-state index is 7.50. The molecule has 1 radical (unpaired) electrons. The van der Waals surface area contributed by atoms with Crippen LogP contribution in [0.25, 0.3) is 0 Å².